The lowest BCUT2D eigenvalue weighted by Gasteiger charge is -2.15. The maximum atomic E-state index is 13.2. The molecule has 4 rings (SSSR count). The zero-order chi connectivity index (χ0) is 19.3. The van der Waals surface area contributed by atoms with Crippen LogP contribution in [0.3, 0.4) is 0 Å². The number of thiophene rings is 1. The minimum absolute atomic E-state index is 0.0514. The van der Waals surface area contributed by atoms with Crippen LogP contribution < -0.4 is 5.32 Å². The molecule has 4 aromatic rings. The number of benzene rings is 3. The number of nitrogens with one attached hydrogen (secondary N) is 1. The van der Waals surface area contributed by atoms with Gasteiger partial charge in [-0.1, -0.05) is 91.0 Å². The fourth-order valence-electron chi connectivity index (χ4n) is 3.19. The molecule has 1 aromatic heterocycles. The first-order chi connectivity index (χ1) is 13.7. The molecule has 3 heteroatoms. The van der Waals surface area contributed by atoms with Crippen molar-refractivity contribution in [1.29, 1.82) is 0 Å². The Hall–Kier alpha value is -3.17. The minimum Gasteiger partial charge on any atom is -0.377 e. The third-order valence-corrected chi connectivity index (χ3v) is 5.89. The highest BCUT2D eigenvalue weighted by atomic mass is 32.1. The van der Waals surface area contributed by atoms with Gasteiger partial charge in [0.25, 0.3) is 0 Å². The first kappa shape index (κ1) is 18.2. The predicted octanol–water partition coefficient (Wildman–Crippen LogP) is 6.82. The number of hydrogen-bond donors (Lipinski definition) is 1. The molecule has 2 nitrogen and oxygen atoms in total. The van der Waals surface area contributed by atoms with Crippen LogP contribution in [-0.2, 0) is 0 Å². The van der Waals surface area contributed by atoms with Gasteiger partial charge in [0.1, 0.15) is 0 Å². The summed E-state index contributed by atoms with van der Waals surface area (Å²) in [5, 5.41) is 3.56. The molecule has 0 spiro atoms. The molecule has 0 radical (unpaired) electrons. The molecule has 0 amide bonds. The van der Waals surface area contributed by atoms with E-state index in [4.69, 9.17) is 0 Å². The molecule has 0 fully saturated rings. The van der Waals surface area contributed by atoms with Crippen LogP contribution in [0.1, 0.15) is 33.8 Å². The molecule has 0 unspecified atom stereocenters. The van der Waals surface area contributed by atoms with Gasteiger partial charge in [-0.05, 0) is 24.1 Å². The van der Waals surface area contributed by atoms with Gasteiger partial charge >= 0.3 is 0 Å². The van der Waals surface area contributed by atoms with Crippen molar-refractivity contribution in [2.45, 2.75) is 13.0 Å². The largest absolute Gasteiger partial charge is 0.377 e. The molecule has 0 bridgehead atoms. The second kappa shape index (κ2) is 8.24. The number of carbonyl (C=O) groups is 1. The van der Waals surface area contributed by atoms with Crippen molar-refractivity contribution in [2.24, 2.45) is 0 Å². The lowest BCUT2D eigenvalue weighted by molar-refractivity contribution is 0.104. The van der Waals surface area contributed by atoms with E-state index in [0.717, 1.165) is 21.0 Å². The second-order valence-corrected chi connectivity index (χ2v) is 7.74. The number of anilines is 1. The normalized spacial score (nSPS) is 11.8. The van der Waals surface area contributed by atoms with Gasteiger partial charge in [-0.15, -0.1) is 11.3 Å². The van der Waals surface area contributed by atoms with Gasteiger partial charge in [0, 0.05) is 16.5 Å². The van der Waals surface area contributed by atoms with Crippen molar-refractivity contribution in [3.8, 4) is 10.4 Å². The number of ketones is 1. The van der Waals surface area contributed by atoms with Crippen LogP contribution >= 0.6 is 11.3 Å². The Morgan fingerprint density at radius 1 is 0.821 bits per heavy atom. The van der Waals surface area contributed by atoms with Crippen molar-refractivity contribution in [3.05, 3.63) is 113 Å². The van der Waals surface area contributed by atoms with Crippen molar-refractivity contribution in [1.82, 2.24) is 0 Å². The SMILES string of the molecule is C[C@H](Nc1cc(-c2ccccc2)sc1C(=O)c1ccccc1)c1ccccc1. The highest BCUT2D eigenvalue weighted by Crippen LogP contribution is 2.37. The van der Waals surface area contributed by atoms with Gasteiger partial charge < -0.3 is 5.32 Å². The molecule has 0 saturated heterocycles. The van der Waals surface area contributed by atoms with E-state index in [-0.39, 0.29) is 11.8 Å². The van der Waals surface area contributed by atoms with Crippen molar-refractivity contribution in [3.63, 3.8) is 0 Å². The van der Waals surface area contributed by atoms with E-state index in [1.54, 1.807) is 11.3 Å². The standard InChI is InChI=1S/C25H21NOS/c1-18(19-11-5-2-6-12-19)26-22-17-23(20-13-7-3-8-14-20)28-25(22)24(27)21-15-9-4-10-16-21/h2-18,26H,1H3/t18-/m0/s1. The van der Waals surface area contributed by atoms with Crippen LogP contribution in [-0.4, -0.2) is 5.78 Å². The number of rotatable bonds is 6. The van der Waals surface area contributed by atoms with E-state index >= 15 is 0 Å². The van der Waals surface area contributed by atoms with E-state index in [2.05, 4.69) is 42.6 Å². The Morgan fingerprint density at radius 2 is 1.39 bits per heavy atom. The number of carbonyl (C=O) groups excluding carboxylic acids is 1. The summed E-state index contributed by atoms with van der Waals surface area (Å²) >= 11 is 1.54. The Bertz CT molecular complexity index is 1060. The summed E-state index contributed by atoms with van der Waals surface area (Å²) in [6, 6.07) is 32.1. The molecule has 1 heterocycles. The van der Waals surface area contributed by atoms with Crippen molar-refractivity contribution in [2.75, 3.05) is 5.32 Å². The van der Waals surface area contributed by atoms with Crippen LogP contribution in [0.25, 0.3) is 10.4 Å². The summed E-state index contributed by atoms with van der Waals surface area (Å²) < 4.78 is 0. The summed E-state index contributed by atoms with van der Waals surface area (Å²) in [6.07, 6.45) is 0. The first-order valence-corrected chi connectivity index (χ1v) is 10.1. The van der Waals surface area contributed by atoms with Gasteiger partial charge in [0.2, 0.25) is 5.78 Å². The van der Waals surface area contributed by atoms with E-state index in [0.29, 0.717) is 5.56 Å². The molecular formula is C25H21NOS. The van der Waals surface area contributed by atoms with E-state index in [9.17, 15) is 4.79 Å². The first-order valence-electron chi connectivity index (χ1n) is 9.33. The maximum absolute atomic E-state index is 13.2. The van der Waals surface area contributed by atoms with E-state index < -0.39 is 0 Å². The lowest BCUT2D eigenvalue weighted by atomic mass is 10.1. The summed E-state index contributed by atoms with van der Waals surface area (Å²) in [5.41, 5.74) is 3.90. The highest BCUT2D eigenvalue weighted by molar-refractivity contribution is 7.18. The van der Waals surface area contributed by atoms with Gasteiger partial charge in [0.05, 0.1) is 10.6 Å². The molecule has 3 aromatic carbocycles. The molecular weight excluding hydrogens is 362 g/mol. The van der Waals surface area contributed by atoms with Gasteiger partial charge in [-0.3, -0.25) is 4.79 Å². The lowest BCUT2D eigenvalue weighted by Crippen LogP contribution is -2.09. The predicted molar refractivity (Wildman–Crippen MR) is 118 cm³/mol. The van der Waals surface area contributed by atoms with Crippen LogP contribution in [0.2, 0.25) is 0 Å². The summed E-state index contributed by atoms with van der Waals surface area (Å²) in [5.74, 6) is 0.0514. The van der Waals surface area contributed by atoms with Crippen LogP contribution in [0.15, 0.2) is 97.1 Å². The van der Waals surface area contributed by atoms with Crippen LogP contribution in [0.5, 0.6) is 0 Å². The Labute approximate surface area is 169 Å². The Balaban J connectivity index is 1.73. The third kappa shape index (κ3) is 3.90. The number of hydrogen-bond acceptors (Lipinski definition) is 3. The topological polar surface area (TPSA) is 29.1 Å². The fraction of sp³-hybridized carbons (Fsp3) is 0.0800. The van der Waals surface area contributed by atoms with E-state index in [1.165, 1.54) is 5.56 Å². The molecule has 0 aliphatic rings. The molecule has 138 valence electrons. The highest BCUT2D eigenvalue weighted by Gasteiger charge is 2.20. The third-order valence-electron chi connectivity index (χ3n) is 4.70. The van der Waals surface area contributed by atoms with Crippen molar-refractivity contribution < 1.29 is 4.79 Å². The zero-order valence-corrected chi connectivity index (χ0v) is 16.4. The summed E-state index contributed by atoms with van der Waals surface area (Å²) in [6.45, 7) is 2.12. The smallest absolute Gasteiger partial charge is 0.205 e. The molecule has 1 N–H and O–H groups in total. The maximum Gasteiger partial charge on any atom is 0.205 e. The Morgan fingerprint density at radius 3 is 2.04 bits per heavy atom. The fourth-order valence-corrected chi connectivity index (χ4v) is 4.28. The molecule has 28 heavy (non-hydrogen) atoms. The summed E-state index contributed by atoms with van der Waals surface area (Å²) in [4.78, 5) is 15.0. The zero-order valence-electron chi connectivity index (χ0n) is 15.6. The van der Waals surface area contributed by atoms with Gasteiger partial charge in [-0.25, -0.2) is 0 Å². The van der Waals surface area contributed by atoms with E-state index in [1.807, 2.05) is 66.7 Å². The summed E-state index contributed by atoms with van der Waals surface area (Å²) in [7, 11) is 0. The van der Waals surface area contributed by atoms with Gasteiger partial charge in [0.15, 0.2) is 0 Å². The molecule has 1 atom stereocenters. The van der Waals surface area contributed by atoms with Crippen LogP contribution in [0.4, 0.5) is 5.69 Å². The second-order valence-electron chi connectivity index (χ2n) is 6.69. The molecule has 0 saturated carbocycles. The average molecular weight is 384 g/mol. The average Bonchev–Trinajstić information content (AvgIpc) is 3.19. The quantitative estimate of drug-likeness (QED) is 0.370. The molecule has 0 aliphatic heterocycles. The molecule has 0 aliphatic carbocycles. The van der Waals surface area contributed by atoms with Crippen molar-refractivity contribution >= 4 is 22.8 Å². The minimum atomic E-state index is 0.0514. The Kier molecular flexibility index (Phi) is 5.36. The van der Waals surface area contributed by atoms with Gasteiger partial charge in [-0.2, -0.15) is 0 Å². The van der Waals surface area contributed by atoms with Crippen LogP contribution in [0, 0.1) is 0 Å². The monoisotopic (exact) mass is 383 g/mol.